The first-order valence-corrected chi connectivity index (χ1v) is 8.94. The standard InChI is InChI=1S/C19H18ClN3O3/c20-15-6-4-13(5-7-15)18(25)21-19(26)22-9-12-8-14(11-22)16-2-1-3-17(24)23(16)10-12/h1-7,12,14H,8-11H2,(H,21,25,26). The first-order valence-electron chi connectivity index (χ1n) is 8.57. The molecule has 1 fully saturated rings. The number of fused-ring (bicyclic) bond motifs is 4. The molecule has 0 spiro atoms. The summed E-state index contributed by atoms with van der Waals surface area (Å²) < 4.78 is 1.81. The maximum absolute atomic E-state index is 12.6. The van der Waals surface area contributed by atoms with E-state index in [0.29, 0.717) is 30.2 Å². The number of rotatable bonds is 1. The number of pyridine rings is 1. The van der Waals surface area contributed by atoms with Crippen LogP contribution >= 0.6 is 11.6 Å². The third-order valence-corrected chi connectivity index (χ3v) is 5.35. The molecule has 2 bridgehead atoms. The summed E-state index contributed by atoms with van der Waals surface area (Å²) in [5.74, 6) is -0.107. The fourth-order valence-corrected chi connectivity index (χ4v) is 4.04. The van der Waals surface area contributed by atoms with Gasteiger partial charge in [0.05, 0.1) is 0 Å². The van der Waals surface area contributed by atoms with Crippen molar-refractivity contribution >= 4 is 23.5 Å². The molecule has 1 aromatic heterocycles. The summed E-state index contributed by atoms with van der Waals surface area (Å²) in [5.41, 5.74) is 1.36. The van der Waals surface area contributed by atoms with Crippen LogP contribution in [0.5, 0.6) is 0 Å². The molecule has 2 aliphatic rings. The predicted molar refractivity (Wildman–Crippen MR) is 97.4 cm³/mol. The van der Waals surface area contributed by atoms with Crippen LogP contribution in [0.4, 0.5) is 4.79 Å². The zero-order valence-corrected chi connectivity index (χ0v) is 14.8. The molecular formula is C19H18ClN3O3. The molecule has 2 atom stereocenters. The topological polar surface area (TPSA) is 71.4 Å². The molecule has 0 radical (unpaired) electrons. The number of likely N-dealkylation sites (tertiary alicyclic amines) is 1. The van der Waals surface area contributed by atoms with E-state index in [4.69, 9.17) is 11.6 Å². The van der Waals surface area contributed by atoms with Crippen LogP contribution in [0.3, 0.4) is 0 Å². The lowest BCUT2D eigenvalue weighted by molar-refractivity contribution is 0.0925. The van der Waals surface area contributed by atoms with Gasteiger partial charge in [0.15, 0.2) is 0 Å². The highest BCUT2D eigenvalue weighted by Crippen LogP contribution is 2.34. The monoisotopic (exact) mass is 371 g/mol. The van der Waals surface area contributed by atoms with Crippen molar-refractivity contribution in [2.45, 2.75) is 18.9 Å². The minimum atomic E-state index is -0.445. The van der Waals surface area contributed by atoms with Gasteiger partial charge in [0, 0.05) is 47.9 Å². The van der Waals surface area contributed by atoms with Crippen LogP contribution in [0.25, 0.3) is 0 Å². The molecule has 1 aromatic carbocycles. The van der Waals surface area contributed by atoms with Crippen molar-refractivity contribution < 1.29 is 9.59 Å². The van der Waals surface area contributed by atoms with Crippen molar-refractivity contribution in [3.8, 4) is 0 Å². The molecule has 3 amide bonds. The van der Waals surface area contributed by atoms with Gasteiger partial charge in [-0.1, -0.05) is 17.7 Å². The zero-order chi connectivity index (χ0) is 18.3. The first kappa shape index (κ1) is 16.8. The fraction of sp³-hybridized carbons (Fsp3) is 0.316. The number of hydrogen-bond donors (Lipinski definition) is 1. The third-order valence-electron chi connectivity index (χ3n) is 5.09. The second kappa shape index (κ2) is 6.61. The van der Waals surface area contributed by atoms with E-state index >= 15 is 0 Å². The SMILES string of the molecule is O=C(NC(=O)N1CC2CC(C1)c1cccc(=O)n1C2)c1ccc(Cl)cc1. The summed E-state index contributed by atoms with van der Waals surface area (Å²) in [6.07, 6.45) is 0.957. The number of nitrogens with one attached hydrogen (secondary N) is 1. The molecular weight excluding hydrogens is 354 g/mol. The Labute approximate surface area is 155 Å². The van der Waals surface area contributed by atoms with Crippen LogP contribution in [0.15, 0.2) is 47.3 Å². The second-order valence-electron chi connectivity index (χ2n) is 6.87. The second-order valence-corrected chi connectivity index (χ2v) is 7.31. The summed E-state index contributed by atoms with van der Waals surface area (Å²) >= 11 is 5.82. The molecule has 2 unspecified atom stereocenters. The summed E-state index contributed by atoms with van der Waals surface area (Å²) in [7, 11) is 0. The van der Waals surface area contributed by atoms with Gasteiger partial charge >= 0.3 is 6.03 Å². The van der Waals surface area contributed by atoms with Gasteiger partial charge in [-0.2, -0.15) is 0 Å². The smallest absolute Gasteiger partial charge is 0.323 e. The Morgan fingerprint density at radius 1 is 1.04 bits per heavy atom. The van der Waals surface area contributed by atoms with E-state index in [0.717, 1.165) is 12.1 Å². The number of benzene rings is 1. The van der Waals surface area contributed by atoms with Crippen LogP contribution in [0.1, 0.15) is 28.4 Å². The van der Waals surface area contributed by atoms with E-state index in [1.54, 1.807) is 41.3 Å². The number of aromatic nitrogens is 1. The first-order chi connectivity index (χ1) is 12.5. The minimum Gasteiger partial charge on any atom is -0.323 e. The average Bonchev–Trinajstić information content (AvgIpc) is 2.63. The molecule has 2 aromatic rings. The quantitative estimate of drug-likeness (QED) is 0.837. The molecule has 2 aliphatic heterocycles. The fourth-order valence-electron chi connectivity index (χ4n) is 3.91. The van der Waals surface area contributed by atoms with Crippen molar-refractivity contribution in [2.75, 3.05) is 13.1 Å². The highest BCUT2D eigenvalue weighted by Gasteiger charge is 2.36. The van der Waals surface area contributed by atoms with Crippen molar-refractivity contribution in [3.63, 3.8) is 0 Å². The number of carbonyl (C=O) groups is 2. The maximum Gasteiger partial charge on any atom is 0.324 e. The molecule has 134 valence electrons. The summed E-state index contributed by atoms with van der Waals surface area (Å²) in [6, 6.07) is 11.3. The van der Waals surface area contributed by atoms with Crippen molar-refractivity contribution in [1.29, 1.82) is 0 Å². The molecule has 7 heteroatoms. The number of nitrogens with zero attached hydrogens (tertiary/aromatic N) is 2. The Hall–Kier alpha value is -2.60. The third kappa shape index (κ3) is 3.12. The number of carbonyl (C=O) groups excluding carboxylic acids is 2. The number of piperidine rings is 1. The van der Waals surface area contributed by atoms with Gasteiger partial charge in [-0.3, -0.25) is 14.9 Å². The normalized spacial score (nSPS) is 21.0. The predicted octanol–water partition coefficient (Wildman–Crippen LogP) is 2.47. The number of amides is 3. The molecule has 6 nitrogen and oxygen atoms in total. The summed E-state index contributed by atoms with van der Waals surface area (Å²) in [5, 5.41) is 2.98. The van der Waals surface area contributed by atoms with Crippen LogP contribution < -0.4 is 10.9 Å². The van der Waals surface area contributed by atoms with Gasteiger partial charge in [0.1, 0.15) is 0 Å². The largest absolute Gasteiger partial charge is 0.324 e. The van der Waals surface area contributed by atoms with E-state index in [1.807, 2.05) is 10.6 Å². The van der Waals surface area contributed by atoms with Gasteiger partial charge in [-0.25, -0.2) is 4.79 Å². The van der Waals surface area contributed by atoms with Crippen LogP contribution in [-0.2, 0) is 6.54 Å². The van der Waals surface area contributed by atoms with Gasteiger partial charge in [-0.15, -0.1) is 0 Å². The molecule has 26 heavy (non-hydrogen) atoms. The Kier molecular flexibility index (Phi) is 4.28. The lowest BCUT2D eigenvalue weighted by Gasteiger charge is -2.42. The van der Waals surface area contributed by atoms with Crippen molar-refractivity contribution in [1.82, 2.24) is 14.8 Å². The molecule has 4 rings (SSSR count). The number of halogens is 1. The Bertz CT molecular complexity index is 922. The summed E-state index contributed by atoms with van der Waals surface area (Å²) in [4.78, 5) is 38.5. The Balaban J connectivity index is 1.48. The van der Waals surface area contributed by atoms with Gasteiger partial charge in [0.25, 0.3) is 11.5 Å². The van der Waals surface area contributed by atoms with Crippen LogP contribution in [0, 0.1) is 5.92 Å². The Morgan fingerprint density at radius 3 is 2.58 bits per heavy atom. The van der Waals surface area contributed by atoms with Crippen molar-refractivity contribution in [3.05, 3.63) is 69.1 Å². The lowest BCUT2D eigenvalue weighted by Crippen LogP contribution is -2.52. The maximum atomic E-state index is 12.6. The van der Waals surface area contributed by atoms with E-state index in [2.05, 4.69) is 5.32 Å². The molecule has 1 N–H and O–H groups in total. The minimum absolute atomic E-state index is 0.00742. The van der Waals surface area contributed by atoms with Gasteiger partial charge in [0.2, 0.25) is 0 Å². The van der Waals surface area contributed by atoms with E-state index < -0.39 is 11.9 Å². The molecule has 0 saturated carbocycles. The lowest BCUT2D eigenvalue weighted by atomic mass is 9.83. The van der Waals surface area contributed by atoms with Gasteiger partial charge < -0.3 is 9.47 Å². The highest BCUT2D eigenvalue weighted by atomic mass is 35.5. The average molecular weight is 372 g/mol. The number of urea groups is 1. The zero-order valence-electron chi connectivity index (χ0n) is 14.0. The number of hydrogen-bond acceptors (Lipinski definition) is 3. The molecule has 3 heterocycles. The van der Waals surface area contributed by atoms with E-state index in [9.17, 15) is 14.4 Å². The Morgan fingerprint density at radius 2 is 1.81 bits per heavy atom. The van der Waals surface area contributed by atoms with Crippen LogP contribution in [0.2, 0.25) is 5.02 Å². The van der Waals surface area contributed by atoms with E-state index in [1.165, 1.54) is 0 Å². The highest BCUT2D eigenvalue weighted by molar-refractivity contribution is 6.30. The van der Waals surface area contributed by atoms with Crippen molar-refractivity contribution in [2.24, 2.45) is 5.92 Å². The number of imide groups is 1. The molecule has 1 saturated heterocycles. The van der Waals surface area contributed by atoms with Gasteiger partial charge in [-0.05, 0) is 42.7 Å². The molecule has 0 aliphatic carbocycles. The van der Waals surface area contributed by atoms with E-state index in [-0.39, 0.29) is 17.4 Å². The summed E-state index contributed by atoms with van der Waals surface area (Å²) in [6.45, 7) is 1.65. The van der Waals surface area contributed by atoms with Crippen LogP contribution in [-0.4, -0.2) is 34.5 Å².